The molecule has 14 rings (SSSR count). The third-order valence-electron chi connectivity index (χ3n) is 23.2. The number of hydrogen-bond donors (Lipinski definition) is 0. The zero-order valence-electron chi connectivity index (χ0n) is 58.8. The average molecular weight is 1210 g/mol. The van der Waals surface area contributed by atoms with Crippen LogP contribution in [0.2, 0.25) is 0 Å². The summed E-state index contributed by atoms with van der Waals surface area (Å²) in [7, 11) is 0. The molecule has 0 spiro atoms. The van der Waals surface area contributed by atoms with E-state index < -0.39 is 0 Å². The Balaban J connectivity index is 1.17. The minimum absolute atomic E-state index is 0.00325. The van der Waals surface area contributed by atoms with Gasteiger partial charge < -0.3 is 14.7 Å². The molecule has 2 aliphatic heterocycles. The maximum atomic E-state index is 2.78. The van der Waals surface area contributed by atoms with E-state index in [1.165, 1.54) is 139 Å². The molecule has 0 saturated carbocycles. The highest BCUT2D eigenvalue weighted by molar-refractivity contribution is 7.26. The van der Waals surface area contributed by atoms with Crippen molar-refractivity contribution in [1.29, 1.82) is 0 Å². The molecule has 3 nitrogen and oxygen atoms in total. The van der Waals surface area contributed by atoms with Gasteiger partial charge in [-0.15, -0.1) is 11.3 Å². The number of thiophene rings is 1. The van der Waals surface area contributed by atoms with Crippen molar-refractivity contribution in [1.82, 2.24) is 0 Å². The Morgan fingerprint density at radius 2 is 0.767 bits per heavy atom. The van der Waals surface area contributed by atoms with Gasteiger partial charge in [-0.2, -0.15) is 0 Å². The second-order valence-electron chi connectivity index (χ2n) is 35.6. The van der Waals surface area contributed by atoms with Gasteiger partial charge in [0.05, 0.1) is 5.69 Å². The van der Waals surface area contributed by atoms with Gasteiger partial charge in [-0.3, -0.25) is 0 Å². The van der Waals surface area contributed by atoms with Crippen LogP contribution in [0.15, 0.2) is 133 Å². The van der Waals surface area contributed by atoms with E-state index in [4.69, 9.17) is 0 Å². The van der Waals surface area contributed by atoms with Crippen LogP contribution in [0.4, 0.5) is 51.2 Å². The minimum atomic E-state index is -0.0701. The van der Waals surface area contributed by atoms with E-state index in [1.807, 2.05) is 11.3 Å². The molecule has 0 saturated heterocycles. The van der Waals surface area contributed by atoms with Gasteiger partial charge in [-0.05, 0) is 245 Å². The third-order valence-corrected chi connectivity index (χ3v) is 24.3. The predicted octanol–water partition coefficient (Wildman–Crippen LogP) is 22.9. The molecule has 5 aliphatic rings. The lowest BCUT2D eigenvalue weighted by molar-refractivity contribution is 0.332. The fourth-order valence-corrected chi connectivity index (χ4v) is 18.0. The largest absolute Gasteiger partial charge is 0.311 e. The molecule has 8 aromatic carbocycles. The van der Waals surface area contributed by atoms with Crippen LogP contribution < -0.4 is 31.1 Å². The number of benzene rings is 8. The molecule has 9 aromatic rings. The van der Waals surface area contributed by atoms with Crippen LogP contribution in [0, 0.1) is 6.92 Å². The molecule has 3 aliphatic carbocycles. The van der Waals surface area contributed by atoms with Crippen LogP contribution in [-0.2, 0) is 48.7 Å². The van der Waals surface area contributed by atoms with Gasteiger partial charge in [0.2, 0.25) is 0 Å². The van der Waals surface area contributed by atoms with Gasteiger partial charge in [-0.25, -0.2) is 0 Å². The van der Waals surface area contributed by atoms with Gasteiger partial charge >= 0.3 is 0 Å². The summed E-state index contributed by atoms with van der Waals surface area (Å²) in [4.78, 5) is 8.13. The lowest BCUT2D eigenvalue weighted by atomic mass is 9.33. The van der Waals surface area contributed by atoms with Crippen molar-refractivity contribution in [2.75, 3.05) is 14.7 Å². The molecule has 0 fully saturated rings. The molecular formula is C85H100BN3S. The second kappa shape index (κ2) is 19.7. The maximum Gasteiger partial charge on any atom is 0.252 e. The normalized spacial score (nSPS) is 19.0. The number of anilines is 9. The fourth-order valence-electron chi connectivity index (χ4n) is 16.8. The van der Waals surface area contributed by atoms with Gasteiger partial charge in [0, 0.05) is 65.7 Å². The molecule has 0 unspecified atom stereocenters. The molecule has 1 aromatic heterocycles. The monoisotopic (exact) mass is 1210 g/mol. The van der Waals surface area contributed by atoms with Crippen molar-refractivity contribution in [3.63, 3.8) is 0 Å². The first-order valence-electron chi connectivity index (χ1n) is 34.1. The summed E-state index contributed by atoms with van der Waals surface area (Å²) in [5.41, 5.74) is 29.6. The lowest BCUT2D eigenvalue weighted by Crippen LogP contribution is -2.62. The van der Waals surface area contributed by atoms with E-state index in [9.17, 15) is 0 Å². The summed E-state index contributed by atoms with van der Waals surface area (Å²) < 4.78 is 2.71. The van der Waals surface area contributed by atoms with Crippen LogP contribution in [0.25, 0.3) is 20.2 Å². The molecule has 5 heteroatoms. The molecule has 0 N–H and O–H groups in total. The van der Waals surface area contributed by atoms with E-state index in [1.54, 1.807) is 0 Å². The van der Waals surface area contributed by atoms with Gasteiger partial charge in [0.15, 0.2) is 0 Å². The standard InChI is InChI=1S/C85H100BN3S/c1-51-41-62-65(84(19,20)39-37-81(62,13)14)48-69(51)89-70-46-60-59-33-27-54(79(8,9)10)42-74(59)90-75(60)50-68(70)86-67-47-64-66(85(21,22)40-38-83(64,17)18)49-71(67)88(57-32-34-61-63(43-57)82(15,16)36-35-80(61,11)12)72-44-58(45-73(89)76(72)86)87(55-28-23-52(24-29-55)77(2,3)4)56-30-25-53(26-31-56)78(5,6)7/h23-34,41-50H,35-40H2,1-22H3. The van der Waals surface area contributed by atoms with Crippen LogP contribution in [0.3, 0.4) is 0 Å². The highest BCUT2D eigenvalue weighted by Gasteiger charge is 2.49. The Kier molecular flexibility index (Phi) is 13.4. The number of aryl methyl sites for hydroxylation is 1. The highest BCUT2D eigenvalue weighted by Crippen LogP contribution is 2.57. The zero-order chi connectivity index (χ0) is 64.3. The second-order valence-corrected chi connectivity index (χ2v) is 36.7. The molecule has 90 heavy (non-hydrogen) atoms. The van der Waals surface area contributed by atoms with Crippen LogP contribution in [0.1, 0.15) is 240 Å². The van der Waals surface area contributed by atoms with Gasteiger partial charge in [-0.1, -0.05) is 200 Å². The summed E-state index contributed by atoms with van der Waals surface area (Å²) in [6, 6.07) is 55.3. The Hall–Kier alpha value is -6.56. The number of fused-ring (bicyclic) bond motifs is 10. The lowest BCUT2D eigenvalue weighted by Gasteiger charge is -2.48. The zero-order valence-corrected chi connectivity index (χ0v) is 59.6. The SMILES string of the molecule is Cc1cc2c(cc1N1c3cc4c(cc3B3c5cc6c(cc5N(c5ccc7c(c5)C(C)(C)CCC7(C)C)c5cc(N(c7ccc(C(C)(C)C)cc7)c7ccc(C(C)(C)C)cc7)cc1c53)C(C)(C)CCC6(C)C)sc1cc(C(C)(C)C)ccc14)C(C)(C)CCC2(C)C. The van der Waals surface area contributed by atoms with Gasteiger partial charge in [0.1, 0.15) is 0 Å². The van der Waals surface area contributed by atoms with Gasteiger partial charge in [0.25, 0.3) is 6.71 Å². The fraction of sp³-hybridized carbons (Fsp3) is 0.435. The molecule has 0 atom stereocenters. The number of nitrogens with zero attached hydrogens (tertiary/aromatic N) is 3. The Morgan fingerprint density at radius 3 is 1.28 bits per heavy atom. The maximum absolute atomic E-state index is 2.78. The first kappa shape index (κ1) is 61.0. The van der Waals surface area contributed by atoms with E-state index in [-0.39, 0.29) is 55.4 Å². The average Bonchev–Trinajstić information content (AvgIpc) is 0.804. The van der Waals surface area contributed by atoms with E-state index in [2.05, 4.69) is 300 Å². The summed E-state index contributed by atoms with van der Waals surface area (Å²) in [6.07, 6.45) is 6.93. The minimum Gasteiger partial charge on any atom is -0.311 e. The van der Waals surface area contributed by atoms with Crippen molar-refractivity contribution in [3.8, 4) is 0 Å². The van der Waals surface area contributed by atoms with Crippen LogP contribution in [0.5, 0.6) is 0 Å². The summed E-state index contributed by atoms with van der Waals surface area (Å²) in [5.74, 6) is 0. The summed E-state index contributed by atoms with van der Waals surface area (Å²) in [5, 5.41) is 2.67. The smallest absolute Gasteiger partial charge is 0.252 e. The molecular weight excluding hydrogens is 1110 g/mol. The van der Waals surface area contributed by atoms with Crippen molar-refractivity contribution < 1.29 is 0 Å². The molecule has 0 amide bonds. The highest BCUT2D eigenvalue weighted by atomic mass is 32.1. The summed E-state index contributed by atoms with van der Waals surface area (Å²) >= 11 is 1.98. The topological polar surface area (TPSA) is 9.72 Å². The van der Waals surface area contributed by atoms with E-state index >= 15 is 0 Å². The summed E-state index contributed by atoms with van der Waals surface area (Å²) in [6.45, 7) is 53.4. The molecule has 0 radical (unpaired) electrons. The van der Waals surface area contributed by atoms with E-state index in [0.29, 0.717) is 0 Å². The first-order valence-corrected chi connectivity index (χ1v) is 35.0. The van der Waals surface area contributed by atoms with Crippen molar-refractivity contribution >= 4 is 106 Å². The first-order chi connectivity index (χ1) is 41.8. The Morgan fingerprint density at radius 1 is 0.356 bits per heavy atom. The van der Waals surface area contributed by atoms with Crippen LogP contribution in [-0.4, -0.2) is 6.71 Å². The van der Waals surface area contributed by atoms with Crippen molar-refractivity contribution in [3.05, 3.63) is 189 Å². The predicted molar refractivity (Wildman–Crippen MR) is 395 cm³/mol. The molecule has 3 heterocycles. The Bertz CT molecular complexity index is 4380. The number of hydrogen-bond acceptors (Lipinski definition) is 4. The molecule has 464 valence electrons. The third kappa shape index (κ3) is 9.59. The van der Waals surface area contributed by atoms with E-state index in [0.717, 1.165) is 42.7 Å². The Labute approximate surface area is 545 Å². The van der Waals surface area contributed by atoms with Crippen molar-refractivity contribution in [2.45, 2.75) is 240 Å². The number of rotatable bonds is 5. The van der Waals surface area contributed by atoms with Crippen molar-refractivity contribution in [2.24, 2.45) is 0 Å². The quantitative estimate of drug-likeness (QED) is 0.159. The molecule has 0 bridgehead atoms. The van der Waals surface area contributed by atoms with Crippen LogP contribution >= 0.6 is 11.3 Å².